The molecule has 1 fully saturated rings. The number of nitrogens with zero attached hydrogens (tertiary/aromatic N) is 3. The van der Waals surface area contributed by atoms with E-state index in [4.69, 9.17) is 4.74 Å². The normalized spacial score (nSPS) is 29.2. The third-order valence-electron chi connectivity index (χ3n) is 3.14. The van der Waals surface area contributed by atoms with E-state index >= 15 is 0 Å². The number of methoxy groups -OCH3 is 1. The lowest BCUT2D eigenvalue weighted by atomic mass is 9.91. The molecule has 6 nitrogen and oxygen atoms in total. The fraction of sp³-hybridized carbons (Fsp3) is 0.700. The summed E-state index contributed by atoms with van der Waals surface area (Å²) in [7, 11) is 1.34. The van der Waals surface area contributed by atoms with Crippen molar-refractivity contribution in [3.05, 3.63) is 12.7 Å². The van der Waals surface area contributed by atoms with Crippen LogP contribution in [-0.4, -0.2) is 38.6 Å². The second kappa shape index (κ2) is 4.21. The lowest BCUT2D eigenvalue weighted by Gasteiger charge is -2.27. The molecule has 0 amide bonds. The minimum absolute atomic E-state index is 0.284. The van der Waals surface area contributed by atoms with Gasteiger partial charge in [-0.3, -0.25) is 9.48 Å². The van der Waals surface area contributed by atoms with Crippen LogP contribution in [0.1, 0.15) is 19.3 Å². The molecule has 6 heteroatoms. The lowest BCUT2D eigenvalue weighted by molar-refractivity contribution is -0.154. The first-order valence-corrected chi connectivity index (χ1v) is 5.28. The highest BCUT2D eigenvalue weighted by Crippen LogP contribution is 2.37. The van der Waals surface area contributed by atoms with Crippen molar-refractivity contribution in [2.24, 2.45) is 5.92 Å². The number of aromatic nitrogens is 3. The Labute approximate surface area is 93.2 Å². The van der Waals surface area contributed by atoms with E-state index in [2.05, 4.69) is 10.1 Å². The Hall–Kier alpha value is -1.43. The van der Waals surface area contributed by atoms with Gasteiger partial charge in [-0.1, -0.05) is 0 Å². The molecule has 1 aliphatic rings. The van der Waals surface area contributed by atoms with Gasteiger partial charge in [-0.25, -0.2) is 4.98 Å². The fourth-order valence-electron chi connectivity index (χ4n) is 2.32. The summed E-state index contributed by atoms with van der Waals surface area (Å²) in [6.45, 7) is 0.284. The summed E-state index contributed by atoms with van der Waals surface area (Å²) in [4.78, 5) is 15.3. The smallest absolute Gasteiger partial charge is 0.311 e. The molecule has 0 aromatic carbocycles. The van der Waals surface area contributed by atoms with E-state index < -0.39 is 11.5 Å². The molecule has 88 valence electrons. The van der Waals surface area contributed by atoms with Crippen LogP contribution >= 0.6 is 0 Å². The van der Waals surface area contributed by atoms with E-state index in [0.29, 0.717) is 12.8 Å². The van der Waals surface area contributed by atoms with Crippen LogP contribution in [0.15, 0.2) is 12.7 Å². The van der Waals surface area contributed by atoms with Crippen molar-refractivity contribution in [1.29, 1.82) is 0 Å². The molecule has 2 atom stereocenters. The lowest BCUT2D eigenvalue weighted by Crippen LogP contribution is -2.42. The molecular formula is C10H15N3O3. The summed E-state index contributed by atoms with van der Waals surface area (Å²) in [5.74, 6) is -0.804. The van der Waals surface area contributed by atoms with Gasteiger partial charge in [-0.2, -0.15) is 5.10 Å². The maximum atomic E-state index is 11.5. The fourth-order valence-corrected chi connectivity index (χ4v) is 2.32. The molecule has 1 aliphatic carbocycles. The largest absolute Gasteiger partial charge is 0.469 e. The van der Waals surface area contributed by atoms with Gasteiger partial charge in [0.25, 0.3) is 0 Å². The first kappa shape index (κ1) is 11.1. The van der Waals surface area contributed by atoms with Crippen LogP contribution in [-0.2, 0) is 16.1 Å². The van der Waals surface area contributed by atoms with Gasteiger partial charge < -0.3 is 9.84 Å². The van der Waals surface area contributed by atoms with Crippen LogP contribution in [0, 0.1) is 5.92 Å². The Kier molecular flexibility index (Phi) is 2.91. The van der Waals surface area contributed by atoms with Gasteiger partial charge in [0.15, 0.2) is 0 Å². The van der Waals surface area contributed by atoms with E-state index in [1.165, 1.54) is 19.8 Å². The van der Waals surface area contributed by atoms with Crippen LogP contribution < -0.4 is 0 Å². The third-order valence-corrected chi connectivity index (χ3v) is 3.14. The molecule has 0 bridgehead atoms. The zero-order chi connectivity index (χ0) is 11.6. The molecule has 0 radical (unpaired) electrons. The van der Waals surface area contributed by atoms with Gasteiger partial charge in [0.05, 0.1) is 25.2 Å². The van der Waals surface area contributed by atoms with Gasteiger partial charge in [-0.15, -0.1) is 0 Å². The van der Waals surface area contributed by atoms with Crippen molar-refractivity contribution in [2.45, 2.75) is 31.4 Å². The van der Waals surface area contributed by atoms with E-state index in [1.807, 2.05) is 0 Å². The summed E-state index contributed by atoms with van der Waals surface area (Å²) < 4.78 is 6.25. The van der Waals surface area contributed by atoms with Gasteiger partial charge in [-0.05, 0) is 19.3 Å². The number of carbonyl (C=O) groups excluding carboxylic acids is 1. The molecule has 1 aromatic rings. The first-order chi connectivity index (χ1) is 7.65. The van der Waals surface area contributed by atoms with Crippen molar-refractivity contribution in [3.63, 3.8) is 0 Å². The Morgan fingerprint density at radius 2 is 2.56 bits per heavy atom. The SMILES string of the molecule is COC(=O)C1CCCC1(O)Cn1cncn1. The zero-order valence-electron chi connectivity index (χ0n) is 9.17. The predicted molar refractivity (Wildman–Crippen MR) is 54.3 cm³/mol. The Balaban J connectivity index is 2.13. The summed E-state index contributed by atoms with van der Waals surface area (Å²) >= 11 is 0. The molecule has 0 spiro atoms. The predicted octanol–water partition coefficient (Wildman–Crippen LogP) is -0.0177. The van der Waals surface area contributed by atoms with Crippen LogP contribution in [0.4, 0.5) is 0 Å². The number of hydrogen-bond acceptors (Lipinski definition) is 5. The topological polar surface area (TPSA) is 77.2 Å². The zero-order valence-corrected chi connectivity index (χ0v) is 9.17. The number of hydrogen-bond donors (Lipinski definition) is 1. The second-order valence-corrected chi connectivity index (χ2v) is 4.16. The number of rotatable bonds is 3. The van der Waals surface area contributed by atoms with Crippen molar-refractivity contribution in [2.75, 3.05) is 7.11 Å². The molecule has 2 unspecified atom stereocenters. The van der Waals surface area contributed by atoms with Crippen LogP contribution in [0.2, 0.25) is 0 Å². The minimum atomic E-state index is -1.05. The standard InChI is InChI=1S/C10H15N3O3/c1-16-9(14)8-3-2-4-10(8,15)5-13-7-11-6-12-13/h6-8,15H,2-5H2,1H3. The highest BCUT2D eigenvalue weighted by atomic mass is 16.5. The molecule has 1 N–H and O–H groups in total. The van der Waals surface area contributed by atoms with E-state index in [0.717, 1.165) is 6.42 Å². The number of carbonyl (C=O) groups is 1. The molecule has 0 saturated heterocycles. The van der Waals surface area contributed by atoms with Gasteiger partial charge in [0.2, 0.25) is 0 Å². The van der Waals surface area contributed by atoms with Gasteiger partial charge >= 0.3 is 5.97 Å². The molecule has 2 rings (SSSR count). The van der Waals surface area contributed by atoms with Crippen LogP contribution in [0.3, 0.4) is 0 Å². The van der Waals surface area contributed by atoms with Gasteiger partial charge in [0, 0.05) is 0 Å². The van der Waals surface area contributed by atoms with Crippen LogP contribution in [0.25, 0.3) is 0 Å². The summed E-state index contributed by atoms with van der Waals surface area (Å²) in [6, 6.07) is 0. The van der Waals surface area contributed by atoms with Crippen molar-refractivity contribution < 1.29 is 14.6 Å². The molecule has 16 heavy (non-hydrogen) atoms. The molecule has 0 aliphatic heterocycles. The summed E-state index contributed by atoms with van der Waals surface area (Å²) in [6.07, 6.45) is 5.02. The Morgan fingerprint density at radius 3 is 3.19 bits per heavy atom. The highest BCUT2D eigenvalue weighted by Gasteiger charge is 2.46. The minimum Gasteiger partial charge on any atom is -0.469 e. The maximum absolute atomic E-state index is 11.5. The van der Waals surface area contributed by atoms with E-state index in [-0.39, 0.29) is 12.5 Å². The monoisotopic (exact) mass is 225 g/mol. The quantitative estimate of drug-likeness (QED) is 0.732. The number of ether oxygens (including phenoxy) is 1. The molecule has 1 heterocycles. The Morgan fingerprint density at radius 1 is 1.75 bits per heavy atom. The average Bonchev–Trinajstić information content (AvgIpc) is 2.87. The summed E-state index contributed by atoms with van der Waals surface area (Å²) in [5.41, 5.74) is -1.05. The maximum Gasteiger partial charge on any atom is 0.311 e. The molecule has 1 aromatic heterocycles. The second-order valence-electron chi connectivity index (χ2n) is 4.16. The van der Waals surface area contributed by atoms with Crippen LogP contribution in [0.5, 0.6) is 0 Å². The van der Waals surface area contributed by atoms with E-state index in [1.54, 1.807) is 4.68 Å². The van der Waals surface area contributed by atoms with E-state index in [9.17, 15) is 9.90 Å². The third kappa shape index (κ3) is 1.92. The van der Waals surface area contributed by atoms with Crippen molar-refractivity contribution in [1.82, 2.24) is 14.8 Å². The highest BCUT2D eigenvalue weighted by molar-refractivity contribution is 5.74. The molecule has 1 saturated carbocycles. The van der Waals surface area contributed by atoms with Gasteiger partial charge in [0.1, 0.15) is 12.7 Å². The number of esters is 1. The van der Waals surface area contributed by atoms with Crippen molar-refractivity contribution in [3.8, 4) is 0 Å². The summed E-state index contributed by atoms with van der Waals surface area (Å²) in [5, 5.41) is 14.4. The Bertz CT molecular complexity index is 365. The van der Waals surface area contributed by atoms with Crippen molar-refractivity contribution >= 4 is 5.97 Å². The molecular weight excluding hydrogens is 210 g/mol. The number of aliphatic hydroxyl groups is 1. The first-order valence-electron chi connectivity index (χ1n) is 5.28. The average molecular weight is 225 g/mol.